The Balaban J connectivity index is 2.18. The first-order valence-corrected chi connectivity index (χ1v) is 9.17. The Bertz CT molecular complexity index is 1070. The zero-order chi connectivity index (χ0) is 18.8. The second kappa shape index (κ2) is 7.61. The van der Waals surface area contributed by atoms with E-state index >= 15 is 0 Å². The Morgan fingerprint density at radius 2 is 1.88 bits per heavy atom. The third-order valence-corrected chi connectivity index (χ3v) is 5.20. The van der Waals surface area contributed by atoms with Gasteiger partial charge in [0.05, 0.1) is 17.3 Å². The quantitative estimate of drug-likeness (QED) is 0.609. The number of amides is 1. The minimum Gasteiger partial charge on any atom is -0.468 e. The zero-order valence-electron chi connectivity index (χ0n) is 14.0. The van der Waals surface area contributed by atoms with Crippen molar-refractivity contribution in [2.75, 3.05) is 7.11 Å². The van der Waals surface area contributed by atoms with Crippen molar-refractivity contribution in [3.8, 4) is 0 Å². The number of methoxy groups -OCH3 is 1. The smallest absolute Gasteiger partial charge is 0.325 e. The van der Waals surface area contributed by atoms with Crippen LogP contribution in [0.5, 0.6) is 0 Å². The molecule has 5 nitrogen and oxygen atoms in total. The molecule has 0 atom stereocenters. The van der Waals surface area contributed by atoms with Gasteiger partial charge in [-0.05, 0) is 36.8 Å². The number of benzene rings is 2. The van der Waals surface area contributed by atoms with E-state index in [1.165, 1.54) is 30.6 Å². The number of hydrogen-bond donors (Lipinski definition) is 0. The largest absolute Gasteiger partial charge is 0.468 e. The molecule has 0 radical (unpaired) electrons. The molecule has 0 spiro atoms. The molecule has 8 heteroatoms. The van der Waals surface area contributed by atoms with Crippen LogP contribution in [0.1, 0.15) is 15.9 Å². The van der Waals surface area contributed by atoms with E-state index in [2.05, 4.69) is 4.99 Å². The average Bonchev–Trinajstić information content (AvgIpc) is 2.92. The van der Waals surface area contributed by atoms with Gasteiger partial charge in [-0.3, -0.25) is 9.59 Å². The summed E-state index contributed by atoms with van der Waals surface area (Å²) in [5, 5.41) is 0.705. The zero-order valence-corrected chi connectivity index (χ0v) is 16.3. The lowest BCUT2D eigenvalue weighted by Gasteiger charge is -2.05. The van der Waals surface area contributed by atoms with Gasteiger partial charge >= 0.3 is 5.97 Å². The number of nitrogens with zero attached hydrogens (tertiary/aromatic N) is 2. The van der Waals surface area contributed by atoms with Gasteiger partial charge in [0, 0.05) is 15.6 Å². The number of ether oxygens (including phenoxy) is 1. The molecular weight excluding hydrogens is 395 g/mol. The molecule has 0 aliphatic rings. The highest BCUT2D eigenvalue weighted by Gasteiger charge is 2.14. The second-order valence-electron chi connectivity index (χ2n) is 5.54. The first kappa shape index (κ1) is 18.6. The number of thiazole rings is 1. The minimum absolute atomic E-state index is 0.0379. The number of carbonyl (C=O) groups is 2. The van der Waals surface area contributed by atoms with Crippen LogP contribution in [-0.4, -0.2) is 23.6 Å². The van der Waals surface area contributed by atoms with Crippen LogP contribution in [0.2, 0.25) is 10.0 Å². The topological polar surface area (TPSA) is 60.7 Å². The molecule has 0 unspecified atom stereocenters. The average molecular weight is 409 g/mol. The third kappa shape index (κ3) is 3.82. The molecule has 0 saturated carbocycles. The number of halogens is 2. The van der Waals surface area contributed by atoms with Gasteiger partial charge < -0.3 is 9.30 Å². The summed E-state index contributed by atoms with van der Waals surface area (Å²) in [6, 6.07) is 10.3. The Labute approximate surface area is 163 Å². The van der Waals surface area contributed by atoms with E-state index in [0.717, 1.165) is 15.8 Å². The van der Waals surface area contributed by atoms with Gasteiger partial charge in [-0.2, -0.15) is 4.99 Å². The van der Waals surface area contributed by atoms with Crippen LogP contribution in [0.3, 0.4) is 0 Å². The molecule has 1 amide bonds. The molecule has 3 aromatic rings. The summed E-state index contributed by atoms with van der Waals surface area (Å²) in [6.07, 6.45) is 0. The monoisotopic (exact) mass is 408 g/mol. The van der Waals surface area contributed by atoms with Crippen LogP contribution in [0.4, 0.5) is 0 Å². The van der Waals surface area contributed by atoms with Crippen LogP contribution in [0.25, 0.3) is 10.2 Å². The van der Waals surface area contributed by atoms with Crippen molar-refractivity contribution < 1.29 is 14.3 Å². The highest BCUT2D eigenvalue weighted by atomic mass is 35.5. The maximum atomic E-state index is 12.6. The van der Waals surface area contributed by atoms with Gasteiger partial charge in [-0.1, -0.05) is 46.7 Å². The van der Waals surface area contributed by atoms with Gasteiger partial charge in [0.2, 0.25) is 0 Å². The number of para-hydroxylation sites is 1. The lowest BCUT2D eigenvalue weighted by atomic mass is 10.2. The number of rotatable bonds is 3. The summed E-state index contributed by atoms with van der Waals surface area (Å²) in [6.45, 7) is 1.90. The Morgan fingerprint density at radius 1 is 1.19 bits per heavy atom. The fourth-order valence-corrected chi connectivity index (χ4v) is 4.19. The maximum absolute atomic E-state index is 12.6. The van der Waals surface area contributed by atoms with Crippen molar-refractivity contribution in [2.24, 2.45) is 4.99 Å². The normalized spacial score (nSPS) is 11.8. The molecule has 0 fully saturated rings. The van der Waals surface area contributed by atoms with Gasteiger partial charge in [-0.25, -0.2) is 0 Å². The number of carbonyl (C=O) groups excluding carboxylic acids is 2. The molecular formula is C18H14Cl2N2O3S. The van der Waals surface area contributed by atoms with E-state index in [-0.39, 0.29) is 12.1 Å². The predicted molar refractivity (Wildman–Crippen MR) is 103 cm³/mol. The van der Waals surface area contributed by atoms with E-state index in [4.69, 9.17) is 27.9 Å². The van der Waals surface area contributed by atoms with E-state index in [1.54, 1.807) is 10.6 Å². The van der Waals surface area contributed by atoms with Gasteiger partial charge in [0.1, 0.15) is 6.54 Å². The number of fused-ring (bicyclic) bond motifs is 1. The lowest BCUT2D eigenvalue weighted by Crippen LogP contribution is -2.22. The fourth-order valence-electron chi connectivity index (χ4n) is 2.56. The Morgan fingerprint density at radius 3 is 2.54 bits per heavy atom. The van der Waals surface area contributed by atoms with Crippen LogP contribution >= 0.6 is 34.5 Å². The highest BCUT2D eigenvalue weighted by Crippen LogP contribution is 2.22. The van der Waals surface area contributed by atoms with E-state index in [9.17, 15) is 9.59 Å². The maximum Gasteiger partial charge on any atom is 0.325 e. The number of aromatic nitrogens is 1. The molecule has 0 aliphatic heterocycles. The molecule has 1 heterocycles. The molecule has 1 aromatic heterocycles. The summed E-state index contributed by atoms with van der Waals surface area (Å²) in [4.78, 5) is 29.0. The van der Waals surface area contributed by atoms with Crippen molar-refractivity contribution in [3.05, 3.63) is 62.4 Å². The molecule has 0 saturated heterocycles. The van der Waals surface area contributed by atoms with E-state index in [0.29, 0.717) is 14.8 Å². The van der Waals surface area contributed by atoms with Crippen molar-refractivity contribution in [1.82, 2.24) is 4.57 Å². The van der Waals surface area contributed by atoms with Gasteiger partial charge in [0.15, 0.2) is 4.80 Å². The molecule has 2 aromatic carbocycles. The summed E-state index contributed by atoms with van der Waals surface area (Å²) < 4.78 is 7.38. The van der Waals surface area contributed by atoms with Crippen LogP contribution in [-0.2, 0) is 16.1 Å². The summed E-state index contributed by atoms with van der Waals surface area (Å²) in [5.74, 6) is -0.912. The van der Waals surface area contributed by atoms with Crippen LogP contribution in [0.15, 0.2) is 41.4 Å². The first-order valence-electron chi connectivity index (χ1n) is 7.60. The number of esters is 1. The number of aryl methyl sites for hydroxylation is 1. The Hall–Kier alpha value is -2.15. The standard InChI is InChI=1S/C18H14Cl2N2O3S/c1-10-4-3-5-14-16(10)22(9-15(23)25-2)18(26-14)21-17(24)11-6-12(19)8-13(20)7-11/h3-8H,9H2,1-2H3. The van der Waals surface area contributed by atoms with Crippen LogP contribution in [0, 0.1) is 6.92 Å². The first-order chi connectivity index (χ1) is 12.4. The summed E-state index contributed by atoms with van der Waals surface area (Å²) in [7, 11) is 1.32. The predicted octanol–water partition coefficient (Wildman–Crippen LogP) is 4.23. The minimum atomic E-state index is -0.489. The SMILES string of the molecule is COC(=O)Cn1c(=NC(=O)c2cc(Cl)cc(Cl)c2)sc2cccc(C)c21. The van der Waals surface area contributed by atoms with Gasteiger partial charge in [0.25, 0.3) is 5.91 Å². The number of hydrogen-bond acceptors (Lipinski definition) is 4. The van der Waals surface area contributed by atoms with Crippen molar-refractivity contribution in [2.45, 2.75) is 13.5 Å². The molecule has 0 N–H and O–H groups in total. The van der Waals surface area contributed by atoms with Crippen molar-refractivity contribution in [1.29, 1.82) is 0 Å². The van der Waals surface area contributed by atoms with E-state index in [1.807, 2.05) is 25.1 Å². The highest BCUT2D eigenvalue weighted by molar-refractivity contribution is 7.16. The summed E-state index contributed by atoms with van der Waals surface area (Å²) in [5.41, 5.74) is 2.10. The van der Waals surface area contributed by atoms with Crippen LogP contribution < -0.4 is 4.80 Å². The van der Waals surface area contributed by atoms with Gasteiger partial charge in [-0.15, -0.1) is 0 Å². The fraction of sp³-hybridized carbons (Fsp3) is 0.167. The molecule has 0 bridgehead atoms. The lowest BCUT2D eigenvalue weighted by molar-refractivity contribution is -0.141. The molecule has 0 aliphatic carbocycles. The third-order valence-electron chi connectivity index (χ3n) is 3.72. The second-order valence-corrected chi connectivity index (χ2v) is 7.43. The molecule has 3 rings (SSSR count). The molecule has 26 heavy (non-hydrogen) atoms. The van der Waals surface area contributed by atoms with Crippen molar-refractivity contribution >= 4 is 56.6 Å². The summed E-state index contributed by atoms with van der Waals surface area (Å²) >= 11 is 13.2. The van der Waals surface area contributed by atoms with Crippen molar-refractivity contribution in [3.63, 3.8) is 0 Å². The van der Waals surface area contributed by atoms with E-state index < -0.39 is 11.9 Å². The Kier molecular flexibility index (Phi) is 5.46. The molecule has 134 valence electrons.